The summed E-state index contributed by atoms with van der Waals surface area (Å²) < 4.78 is 21.2. The first kappa shape index (κ1) is 23.8. The van der Waals surface area contributed by atoms with E-state index in [-0.39, 0.29) is 42.6 Å². The summed E-state index contributed by atoms with van der Waals surface area (Å²) in [7, 11) is 4.14. The van der Waals surface area contributed by atoms with E-state index in [0.717, 1.165) is 10.5 Å². The molecule has 2 atom stereocenters. The number of amides is 2. The molecule has 3 rings (SSSR count). The zero-order valence-electron chi connectivity index (χ0n) is 18.9. The average molecular weight is 458 g/mol. The summed E-state index contributed by atoms with van der Waals surface area (Å²) in [6.07, 6.45) is -0.460. The Hall–Kier alpha value is -3.82. The van der Waals surface area contributed by atoms with Crippen LogP contribution in [0.2, 0.25) is 0 Å². The molecule has 0 radical (unpaired) electrons. The SMILES string of the molecule is COc1cc([N+](=O)[O-])c(OC)c(C[C@@H](C)CC(=O)N2C(=O)OC[C@@H]2c2ccccc2)c1OC. The highest BCUT2D eigenvalue weighted by molar-refractivity contribution is 5.93. The predicted octanol–water partition coefficient (Wildman–Crippen LogP) is 3.91. The maximum absolute atomic E-state index is 13.1. The fourth-order valence-corrected chi connectivity index (χ4v) is 4.02. The Morgan fingerprint density at radius 3 is 2.42 bits per heavy atom. The Bertz CT molecular complexity index is 1040. The third kappa shape index (κ3) is 4.84. The summed E-state index contributed by atoms with van der Waals surface area (Å²) in [5.74, 6) is -0.182. The number of hydrogen-bond donors (Lipinski definition) is 0. The second kappa shape index (κ2) is 10.2. The van der Waals surface area contributed by atoms with Gasteiger partial charge >= 0.3 is 11.8 Å². The molecule has 2 aromatic carbocycles. The molecule has 1 fully saturated rings. The Morgan fingerprint density at radius 2 is 1.85 bits per heavy atom. The highest BCUT2D eigenvalue weighted by atomic mass is 16.6. The van der Waals surface area contributed by atoms with E-state index >= 15 is 0 Å². The number of carbonyl (C=O) groups is 2. The fourth-order valence-electron chi connectivity index (χ4n) is 4.02. The van der Waals surface area contributed by atoms with E-state index in [1.807, 2.05) is 30.3 Å². The largest absolute Gasteiger partial charge is 0.493 e. The lowest BCUT2D eigenvalue weighted by Gasteiger charge is -2.23. The van der Waals surface area contributed by atoms with Gasteiger partial charge in [0, 0.05) is 12.0 Å². The zero-order chi connectivity index (χ0) is 24.1. The Labute approximate surface area is 191 Å². The predicted molar refractivity (Wildman–Crippen MR) is 118 cm³/mol. The van der Waals surface area contributed by atoms with Crippen LogP contribution in [0.4, 0.5) is 10.5 Å². The molecule has 1 aliphatic rings. The van der Waals surface area contributed by atoms with Crippen LogP contribution in [0.25, 0.3) is 0 Å². The molecular formula is C23H26N2O8. The van der Waals surface area contributed by atoms with E-state index in [1.54, 1.807) is 6.92 Å². The van der Waals surface area contributed by atoms with E-state index in [4.69, 9.17) is 18.9 Å². The minimum absolute atomic E-state index is 0.00967. The smallest absolute Gasteiger partial charge is 0.417 e. The molecule has 0 N–H and O–H groups in total. The first-order chi connectivity index (χ1) is 15.8. The van der Waals surface area contributed by atoms with Gasteiger partial charge in [0.15, 0.2) is 11.5 Å². The zero-order valence-corrected chi connectivity index (χ0v) is 18.9. The topological polar surface area (TPSA) is 117 Å². The van der Waals surface area contributed by atoms with Gasteiger partial charge in [0.2, 0.25) is 11.7 Å². The van der Waals surface area contributed by atoms with Crippen molar-refractivity contribution in [3.8, 4) is 17.2 Å². The van der Waals surface area contributed by atoms with Crippen molar-refractivity contribution in [2.45, 2.75) is 25.8 Å². The van der Waals surface area contributed by atoms with Crippen LogP contribution in [0.3, 0.4) is 0 Å². The number of ether oxygens (including phenoxy) is 4. The van der Waals surface area contributed by atoms with Crippen molar-refractivity contribution in [1.29, 1.82) is 0 Å². The van der Waals surface area contributed by atoms with Crippen molar-refractivity contribution in [2.24, 2.45) is 5.92 Å². The maximum atomic E-state index is 13.1. The van der Waals surface area contributed by atoms with Gasteiger partial charge in [-0.25, -0.2) is 9.69 Å². The highest BCUT2D eigenvalue weighted by Gasteiger charge is 2.39. The molecule has 10 heteroatoms. The maximum Gasteiger partial charge on any atom is 0.417 e. The van der Waals surface area contributed by atoms with E-state index in [1.165, 1.54) is 27.4 Å². The Kier molecular flexibility index (Phi) is 7.37. The molecule has 10 nitrogen and oxygen atoms in total. The molecule has 0 aromatic heterocycles. The number of benzene rings is 2. The monoisotopic (exact) mass is 458 g/mol. The summed E-state index contributed by atoms with van der Waals surface area (Å²) in [6.45, 7) is 1.90. The minimum atomic E-state index is -0.687. The molecule has 0 saturated carbocycles. The van der Waals surface area contributed by atoms with Crippen LogP contribution in [0, 0.1) is 16.0 Å². The number of nitrogens with zero attached hydrogens (tertiary/aromatic N) is 2. The Balaban J connectivity index is 1.86. The van der Waals surface area contributed by atoms with Crippen LogP contribution in [0.15, 0.2) is 36.4 Å². The molecule has 0 bridgehead atoms. The van der Waals surface area contributed by atoms with Gasteiger partial charge in [0.05, 0.1) is 32.3 Å². The van der Waals surface area contributed by atoms with E-state index in [0.29, 0.717) is 11.3 Å². The molecule has 0 spiro atoms. The molecule has 33 heavy (non-hydrogen) atoms. The van der Waals surface area contributed by atoms with Gasteiger partial charge in [-0.15, -0.1) is 0 Å². The van der Waals surface area contributed by atoms with Crippen molar-refractivity contribution >= 4 is 17.7 Å². The molecule has 1 saturated heterocycles. The molecule has 0 unspecified atom stereocenters. The van der Waals surface area contributed by atoms with Gasteiger partial charge in [0.25, 0.3) is 0 Å². The van der Waals surface area contributed by atoms with E-state index in [9.17, 15) is 19.7 Å². The highest BCUT2D eigenvalue weighted by Crippen LogP contribution is 2.45. The van der Waals surface area contributed by atoms with Crippen LogP contribution in [-0.2, 0) is 16.0 Å². The number of imide groups is 1. The van der Waals surface area contributed by atoms with Crippen molar-refractivity contribution in [1.82, 2.24) is 4.90 Å². The summed E-state index contributed by atoms with van der Waals surface area (Å²) in [5, 5.41) is 11.6. The van der Waals surface area contributed by atoms with Gasteiger partial charge < -0.3 is 18.9 Å². The lowest BCUT2D eigenvalue weighted by atomic mass is 9.94. The lowest BCUT2D eigenvalue weighted by Crippen LogP contribution is -2.35. The van der Waals surface area contributed by atoms with Gasteiger partial charge in [-0.1, -0.05) is 37.3 Å². The number of cyclic esters (lactones) is 1. The normalized spacial score (nSPS) is 16.2. The van der Waals surface area contributed by atoms with E-state index < -0.39 is 23.0 Å². The number of rotatable bonds is 9. The Morgan fingerprint density at radius 1 is 1.18 bits per heavy atom. The van der Waals surface area contributed by atoms with Gasteiger partial charge in [0.1, 0.15) is 12.6 Å². The van der Waals surface area contributed by atoms with Crippen molar-refractivity contribution in [3.05, 3.63) is 57.6 Å². The van der Waals surface area contributed by atoms with Crippen molar-refractivity contribution in [2.75, 3.05) is 27.9 Å². The number of nitro groups is 1. The van der Waals surface area contributed by atoms with Crippen molar-refractivity contribution < 1.29 is 33.5 Å². The number of hydrogen-bond acceptors (Lipinski definition) is 8. The molecule has 1 heterocycles. The van der Waals surface area contributed by atoms with Gasteiger partial charge in [-0.05, 0) is 17.9 Å². The third-order valence-corrected chi connectivity index (χ3v) is 5.50. The summed E-state index contributed by atoms with van der Waals surface area (Å²) in [5.41, 5.74) is 0.946. The third-order valence-electron chi connectivity index (χ3n) is 5.50. The second-order valence-corrected chi connectivity index (χ2v) is 7.68. The van der Waals surface area contributed by atoms with Crippen LogP contribution >= 0.6 is 0 Å². The average Bonchev–Trinajstić information content (AvgIpc) is 3.20. The standard InChI is InChI=1S/C23H26N2O8/c1-14(10-16-21(31-3)17(25(28)29)12-19(30-2)22(16)32-4)11-20(26)24-18(13-33-23(24)27)15-8-6-5-7-9-15/h5-9,12,14,18H,10-11,13H2,1-4H3/t14-,18-/m1/s1. The van der Waals surface area contributed by atoms with E-state index in [2.05, 4.69) is 0 Å². The molecular weight excluding hydrogens is 432 g/mol. The van der Waals surface area contributed by atoms with Crippen LogP contribution in [0.1, 0.15) is 30.5 Å². The molecule has 2 amide bonds. The summed E-state index contributed by atoms with van der Waals surface area (Å²) in [6, 6.07) is 9.92. The fraction of sp³-hybridized carbons (Fsp3) is 0.391. The molecule has 1 aliphatic heterocycles. The number of carbonyl (C=O) groups excluding carboxylic acids is 2. The molecule has 2 aromatic rings. The van der Waals surface area contributed by atoms with Crippen LogP contribution in [-0.4, -0.2) is 49.8 Å². The first-order valence-corrected chi connectivity index (χ1v) is 10.3. The molecule has 0 aliphatic carbocycles. The van der Waals surface area contributed by atoms with Crippen molar-refractivity contribution in [3.63, 3.8) is 0 Å². The minimum Gasteiger partial charge on any atom is -0.493 e. The molecule has 176 valence electrons. The van der Waals surface area contributed by atoms with Gasteiger partial charge in [-0.2, -0.15) is 0 Å². The lowest BCUT2D eigenvalue weighted by molar-refractivity contribution is -0.385. The second-order valence-electron chi connectivity index (χ2n) is 7.68. The number of methoxy groups -OCH3 is 3. The summed E-state index contributed by atoms with van der Waals surface area (Å²) in [4.78, 5) is 37.5. The van der Waals surface area contributed by atoms with Crippen LogP contribution < -0.4 is 14.2 Å². The first-order valence-electron chi connectivity index (χ1n) is 10.3. The quantitative estimate of drug-likeness (QED) is 0.410. The number of nitro benzene ring substituents is 1. The summed E-state index contributed by atoms with van der Waals surface area (Å²) >= 11 is 0. The van der Waals surface area contributed by atoms with Gasteiger partial charge in [-0.3, -0.25) is 14.9 Å². The van der Waals surface area contributed by atoms with Crippen LogP contribution in [0.5, 0.6) is 17.2 Å².